The first-order valence-corrected chi connectivity index (χ1v) is 11.4. The third-order valence-corrected chi connectivity index (χ3v) is 7.63. The van der Waals surface area contributed by atoms with Crippen molar-refractivity contribution in [3.05, 3.63) is 29.8 Å². The monoisotopic (exact) mass is 393 g/mol. The van der Waals surface area contributed by atoms with Crippen LogP contribution < -0.4 is 5.32 Å². The second kappa shape index (κ2) is 8.29. The molecule has 27 heavy (non-hydrogen) atoms. The van der Waals surface area contributed by atoms with Crippen molar-refractivity contribution in [2.45, 2.75) is 56.4 Å². The molecular weight excluding hydrogens is 362 g/mol. The normalized spacial score (nSPS) is 19.9. The number of nitrogens with one attached hydrogen (secondary N) is 1. The molecule has 2 heterocycles. The number of carbonyl (C=O) groups excluding carboxylic acids is 1. The van der Waals surface area contributed by atoms with Crippen molar-refractivity contribution < 1.29 is 13.2 Å². The summed E-state index contributed by atoms with van der Waals surface area (Å²) in [5, 5.41) is 3.01. The number of hydrogen-bond donors (Lipinski definition) is 1. The molecule has 0 spiro atoms. The van der Waals surface area contributed by atoms with Gasteiger partial charge in [-0.3, -0.25) is 9.69 Å². The van der Waals surface area contributed by atoms with E-state index in [0.29, 0.717) is 25.2 Å². The lowest BCUT2D eigenvalue weighted by molar-refractivity contribution is 0.0797. The molecule has 0 atom stereocenters. The lowest BCUT2D eigenvalue weighted by Crippen LogP contribution is -2.53. The highest BCUT2D eigenvalue weighted by atomic mass is 32.2. The number of hydrogen-bond acceptors (Lipinski definition) is 4. The fraction of sp³-hybridized carbons (Fsp3) is 0.650. The first-order valence-electron chi connectivity index (χ1n) is 9.94. The van der Waals surface area contributed by atoms with Crippen molar-refractivity contribution in [1.29, 1.82) is 0 Å². The third-order valence-electron chi connectivity index (χ3n) is 5.71. The molecule has 7 heteroatoms. The molecule has 1 aromatic rings. The summed E-state index contributed by atoms with van der Waals surface area (Å²) in [5.41, 5.74) is 0.402. The molecule has 1 N–H and O–H groups in total. The van der Waals surface area contributed by atoms with E-state index in [9.17, 15) is 13.2 Å². The molecule has 0 unspecified atom stereocenters. The number of rotatable bonds is 6. The smallest absolute Gasteiger partial charge is 0.251 e. The number of likely N-dealkylation sites (tertiary alicyclic amines) is 1. The van der Waals surface area contributed by atoms with Gasteiger partial charge in [0.1, 0.15) is 0 Å². The third kappa shape index (κ3) is 4.70. The van der Waals surface area contributed by atoms with Gasteiger partial charge in [-0.05, 0) is 76.9 Å². The van der Waals surface area contributed by atoms with E-state index in [-0.39, 0.29) is 16.3 Å². The topological polar surface area (TPSA) is 69.7 Å². The fourth-order valence-electron chi connectivity index (χ4n) is 3.87. The number of sulfonamides is 1. The SMILES string of the molecule is CC(C)(CNC(=O)c1ccc(S(=O)(=O)N2CCCC2)cc1)N1CCCCC1. The van der Waals surface area contributed by atoms with Crippen molar-refractivity contribution in [3.8, 4) is 0 Å². The van der Waals surface area contributed by atoms with Crippen LogP contribution in [0.5, 0.6) is 0 Å². The van der Waals surface area contributed by atoms with Gasteiger partial charge in [0.05, 0.1) is 4.90 Å². The minimum Gasteiger partial charge on any atom is -0.350 e. The van der Waals surface area contributed by atoms with Crippen LogP contribution >= 0.6 is 0 Å². The van der Waals surface area contributed by atoms with Crippen molar-refractivity contribution in [1.82, 2.24) is 14.5 Å². The molecule has 150 valence electrons. The molecule has 2 saturated heterocycles. The number of amides is 1. The van der Waals surface area contributed by atoms with E-state index in [1.54, 1.807) is 24.3 Å². The maximum atomic E-state index is 12.6. The van der Waals surface area contributed by atoms with E-state index >= 15 is 0 Å². The van der Waals surface area contributed by atoms with Crippen LogP contribution in [0.2, 0.25) is 0 Å². The van der Waals surface area contributed by atoms with Crippen molar-refractivity contribution >= 4 is 15.9 Å². The van der Waals surface area contributed by atoms with Crippen molar-refractivity contribution in [3.63, 3.8) is 0 Å². The van der Waals surface area contributed by atoms with Gasteiger partial charge in [-0.25, -0.2) is 8.42 Å². The molecule has 0 saturated carbocycles. The van der Waals surface area contributed by atoms with Gasteiger partial charge < -0.3 is 5.32 Å². The molecule has 0 aromatic heterocycles. The summed E-state index contributed by atoms with van der Waals surface area (Å²) < 4.78 is 26.7. The molecular formula is C20H31N3O3S. The highest BCUT2D eigenvalue weighted by molar-refractivity contribution is 7.89. The van der Waals surface area contributed by atoms with Gasteiger partial charge in [0.25, 0.3) is 5.91 Å². The van der Waals surface area contributed by atoms with E-state index in [2.05, 4.69) is 24.1 Å². The van der Waals surface area contributed by atoms with Crippen LogP contribution in [0.25, 0.3) is 0 Å². The summed E-state index contributed by atoms with van der Waals surface area (Å²) in [4.78, 5) is 15.2. The molecule has 6 nitrogen and oxygen atoms in total. The Morgan fingerprint density at radius 3 is 2.11 bits per heavy atom. The molecule has 2 aliphatic heterocycles. The maximum absolute atomic E-state index is 12.6. The summed E-state index contributed by atoms with van der Waals surface area (Å²) in [6.45, 7) is 8.19. The lowest BCUT2D eigenvalue weighted by Gasteiger charge is -2.41. The van der Waals surface area contributed by atoms with Gasteiger partial charge in [0.2, 0.25) is 10.0 Å². The summed E-state index contributed by atoms with van der Waals surface area (Å²) in [5.74, 6) is -0.162. The number of benzene rings is 1. The maximum Gasteiger partial charge on any atom is 0.251 e. The summed E-state index contributed by atoms with van der Waals surface area (Å²) in [6, 6.07) is 6.29. The van der Waals surface area contributed by atoms with E-state index in [1.807, 2.05) is 0 Å². The first-order chi connectivity index (χ1) is 12.8. The van der Waals surface area contributed by atoms with Gasteiger partial charge in [0.15, 0.2) is 0 Å². The van der Waals surface area contributed by atoms with E-state index in [0.717, 1.165) is 25.9 Å². The van der Waals surface area contributed by atoms with E-state index in [4.69, 9.17) is 0 Å². The Morgan fingerprint density at radius 2 is 1.52 bits per heavy atom. The minimum atomic E-state index is -3.44. The Kier molecular flexibility index (Phi) is 6.23. The van der Waals surface area contributed by atoms with Crippen LogP contribution in [0, 0.1) is 0 Å². The summed E-state index contributed by atoms with van der Waals surface area (Å²) in [6.07, 6.45) is 5.53. The molecule has 0 aliphatic carbocycles. The zero-order chi connectivity index (χ0) is 19.5. The second-order valence-corrected chi connectivity index (χ2v) is 10.1. The Morgan fingerprint density at radius 1 is 0.963 bits per heavy atom. The van der Waals surface area contributed by atoms with Gasteiger partial charge in [-0.1, -0.05) is 6.42 Å². The summed E-state index contributed by atoms with van der Waals surface area (Å²) >= 11 is 0. The minimum absolute atomic E-state index is 0.0882. The van der Waals surface area contributed by atoms with Gasteiger partial charge in [-0.2, -0.15) is 4.31 Å². The quantitative estimate of drug-likeness (QED) is 0.806. The highest BCUT2D eigenvalue weighted by Gasteiger charge is 2.29. The Labute approximate surface area is 163 Å². The van der Waals surface area contributed by atoms with Gasteiger partial charge in [0, 0.05) is 30.7 Å². The first kappa shape index (κ1) is 20.3. The fourth-order valence-corrected chi connectivity index (χ4v) is 5.38. The summed E-state index contributed by atoms with van der Waals surface area (Å²) in [7, 11) is -3.44. The van der Waals surface area contributed by atoms with E-state index in [1.165, 1.54) is 23.6 Å². The van der Waals surface area contributed by atoms with Crippen molar-refractivity contribution in [2.75, 3.05) is 32.7 Å². The largest absolute Gasteiger partial charge is 0.350 e. The molecule has 2 aliphatic rings. The van der Waals surface area contributed by atoms with Crippen molar-refractivity contribution in [2.24, 2.45) is 0 Å². The van der Waals surface area contributed by atoms with Gasteiger partial charge >= 0.3 is 0 Å². The van der Waals surface area contributed by atoms with Crippen LogP contribution in [0.1, 0.15) is 56.3 Å². The van der Waals surface area contributed by atoms with Gasteiger partial charge in [-0.15, -0.1) is 0 Å². The average molecular weight is 394 g/mol. The van der Waals surface area contributed by atoms with Crippen LogP contribution in [-0.4, -0.2) is 61.8 Å². The number of piperidine rings is 1. The predicted molar refractivity (Wildman–Crippen MR) is 106 cm³/mol. The number of nitrogens with zero attached hydrogens (tertiary/aromatic N) is 2. The van der Waals surface area contributed by atoms with Crippen LogP contribution in [0.4, 0.5) is 0 Å². The zero-order valence-electron chi connectivity index (χ0n) is 16.4. The molecule has 2 fully saturated rings. The standard InChI is InChI=1S/C20H31N3O3S/c1-20(2,22-12-4-3-5-13-22)16-21-19(24)17-8-10-18(11-9-17)27(25,26)23-14-6-7-15-23/h8-11H,3-7,12-16H2,1-2H3,(H,21,24). The Bertz CT molecular complexity index is 747. The predicted octanol–water partition coefficient (Wildman–Crippen LogP) is 2.47. The average Bonchev–Trinajstić information content (AvgIpc) is 3.23. The van der Waals surface area contributed by atoms with E-state index < -0.39 is 10.0 Å². The Hall–Kier alpha value is -1.44. The van der Waals surface area contributed by atoms with Crippen LogP contribution in [-0.2, 0) is 10.0 Å². The zero-order valence-corrected chi connectivity index (χ0v) is 17.2. The van der Waals surface area contributed by atoms with Crippen LogP contribution in [0.3, 0.4) is 0 Å². The Balaban J connectivity index is 1.60. The second-order valence-electron chi connectivity index (χ2n) is 8.18. The van der Waals surface area contributed by atoms with Crippen LogP contribution in [0.15, 0.2) is 29.2 Å². The lowest BCUT2D eigenvalue weighted by atomic mass is 9.98. The number of carbonyl (C=O) groups is 1. The highest BCUT2D eigenvalue weighted by Crippen LogP contribution is 2.22. The molecule has 1 amide bonds. The molecule has 0 bridgehead atoms. The molecule has 0 radical (unpaired) electrons. The molecule has 3 rings (SSSR count). The molecule has 1 aromatic carbocycles.